The molecule has 0 saturated heterocycles. The first-order valence-electron chi connectivity index (χ1n) is 6.56. The minimum absolute atomic E-state index is 0.161. The average molecular weight is 241 g/mol. The van der Waals surface area contributed by atoms with Crippen LogP contribution in [-0.2, 0) is 0 Å². The fourth-order valence-electron chi connectivity index (χ4n) is 2.79. The molecule has 0 bridgehead atoms. The highest BCUT2D eigenvalue weighted by Gasteiger charge is 2.37. The molecule has 0 fully saturated rings. The normalized spacial score (nSPS) is 28.1. The molecule has 1 heteroatoms. The summed E-state index contributed by atoms with van der Waals surface area (Å²) in [5, 5.41) is 0. The smallest absolute Gasteiger partial charge is 0.0382 e. The Kier molecular flexibility index (Phi) is 3.20. The van der Waals surface area contributed by atoms with Crippen molar-refractivity contribution in [3.8, 4) is 0 Å². The summed E-state index contributed by atoms with van der Waals surface area (Å²) in [6, 6.07) is 10.5. The number of hydrogen-bond acceptors (Lipinski definition) is 1. The molecule has 18 heavy (non-hydrogen) atoms. The van der Waals surface area contributed by atoms with Gasteiger partial charge in [-0.3, -0.25) is 0 Å². The molecule has 2 N–H and O–H groups in total. The summed E-state index contributed by atoms with van der Waals surface area (Å²) in [5.74, 6) is 0.338. The molecule has 0 aliphatic heterocycles. The molecule has 0 saturated carbocycles. The first-order chi connectivity index (χ1) is 8.31. The predicted molar refractivity (Wildman–Crippen MR) is 79.1 cm³/mol. The molecule has 2 atom stereocenters. The summed E-state index contributed by atoms with van der Waals surface area (Å²) < 4.78 is 0. The molecule has 0 aromatic heterocycles. The Morgan fingerprint density at radius 2 is 1.72 bits per heavy atom. The van der Waals surface area contributed by atoms with Crippen molar-refractivity contribution in [2.75, 3.05) is 0 Å². The maximum Gasteiger partial charge on any atom is 0.0382 e. The zero-order valence-electron chi connectivity index (χ0n) is 11.8. The van der Waals surface area contributed by atoms with Gasteiger partial charge >= 0.3 is 0 Å². The van der Waals surface area contributed by atoms with E-state index in [-0.39, 0.29) is 11.0 Å². The molecule has 1 aliphatic carbocycles. The number of nitrogens with two attached hydrogens (primary N) is 1. The van der Waals surface area contributed by atoms with Gasteiger partial charge in [0.15, 0.2) is 0 Å². The van der Waals surface area contributed by atoms with E-state index in [2.05, 4.69) is 70.2 Å². The van der Waals surface area contributed by atoms with E-state index in [0.717, 1.165) is 0 Å². The molecular weight excluding hydrogens is 218 g/mol. The van der Waals surface area contributed by atoms with Gasteiger partial charge in [-0.2, -0.15) is 0 Å². The number of hydrogen-bond donors (Lipinski definition) is 1. The maximum atomic E-state index is 6.42. The molecule has 0 radical (unpaired) electrons. The molecule has 96 valence electrons. The van der Waals surface area contributed by atoms with Crippen molar-refractivity contribution in [3.05, 3.63) is 54.1 Å². The Balaban J connectivity index is 2.41. The molecule has 1 aromatic carbocycles. The van der Waals surface area contributed by atoms with Crippen LogP contribution in [0.5, 0.6) is 0 Å². The first-order valence-corrected chi connectivity index (χ1v) is 6.56. The standard InChI is InChI=1S/C17H23N/c1-16(2,3)15-12-14(10-11-17(15,4)18)13-8-6-5-7-9-13/h5-12,15H,18H2,1-4H3/t15?,17-/m0/s1. The third kappa shape index (κ3) is 2.56. The Morgan fingerprint density at radius 3 is 2.28 bits per heavy atom. The lowest BCUT2D eigenvalue weighted by Crippen LogP contribution is -2.48. The van der Waals surface area contributed by atoms with E-state index in [4.69, 9.17) is 5.73 Å². The van der Waals surface area contributed by atoms with Crippen molar-refractivity contribution in [3.63, 3.8) is 0 Å². The van der Waals surface area contributed by atoms with Crippen LogP contribution in [0.1, 0.15) is 33.3 Å². The maximum absolute atomic E-state index is 6.42. The number of benzene rings is 1. The largest absolute Gasteiger partial charge is 0.322 e. The molecule has 1 unspecified atom stereocenters. The topological polar surface area (TPSA) is 26.0 Å². The van der Waals surface area contributed by atoms with E-state index >= 15 is 0 Å². The minimum atomic E-state index is -0.267. The third-order valence-corrected chi connectivity index (χ3v) is 3.68. The van der Waals surface area contributed by atoms with E-state index in [1.807, 2.05) is 6.07 Å². The summed E-state index contributed by atoms with van der Waals surface area (Å²) >= 11 is 0. The second kappa shape index (κ2) is 4.40. The van der Waals surface area contributed by atoms with Crippen LogP contribution in [-0.4, -0.2) is 5.54 Å². The Hall–Kier alpha value is -1.34. The van der Waals surface area contributed by atoms with E-state index in [0.29, 0.717) is 5.92 Å². The zero-order chi connectivity index (χ0) is 13.4. The van der Waals surface area contributed by atoms with Crippen LogP contribution in [0.15, 0.2) is 48.6 Å². The Bertz CT molecular complexity index is 472. The van der Waals surface area contributed by atoms with Gasteiger partial charge in [-0.25, -0.2) is 0 Å². The summed E-state index contributed by atoms with van der Waals surface area (Å²) in [5.41, 5.74) is 8.85. The van der Waals surface area contributed by atoms with Crippen LogP contribution in [0.2, 0.25) is 0 Å². The van der Waals surface area contributed by atoms with Crippen LogP contribution in [0.3, 0.4) is 0 Å². The zero-order valence-corrected chi connectivity index (χ0v) is 11.8. The second-order valence-electron chi connectivity index (χ2n) is 6.53. The first kappa shape index (κ1) is 13.1. The average Bonchev–Trinajstić information content (AvgIpc) is 2.28. The van der Waals surface area contributed by atoms with Crippen molar-refractivity contribution >= 4 is 5.57 Å². The van der Waals surface area contributed by atoms with Crippen LogP contribution in [0.4, 0.5) is 0 Å². The molecule has 1 aromatic rings. The van der Waals surface area contributed by atoms with Crippen molar-refractivity contribution in [2.24, 2.45) is 17.1 Å². The molecular formula is C17H23N. The molecule has 1 nitrogen and oxygen atoms in total. The molecule has 1 aliphatic rings. The van der Waals surface area contributed by atoms with Crippen LogP contribution < -0.4 is 5.73 Å². The lowest BCUT2D eigenvalue weighted by Gasteiger charge is -2.41. The van der Waals surface area contributed by atoms with Crippen LogP contribution in [0, 0.1) is 11.3 Å². The fraction of sp³-hybridized carbons (Fsp3) is 0.412. The van der Waals surface area contributed by atoms with Crippen molar-refractivity contribution < 1.29 is 0 Å². The molecule has 0 heterocycles. The van der Waals surface area contributed by atoms with Gasteiger partial charge in [-0.05, 0) is 23.5 Å². The van der Waals surface area contributed by atoms with Crippen molar-refractivity contribution in [1.82, 2.24) is 0 Å². The highest BCUT2D eigenvalue weighted by Crippen LogP contribution is 2.40. The van der Waals surface area contributed by atoms with Gasteiger partial charge in [0.05, 0.1) is 0 Å². The molecule has 0 spiro atoms. The second-order valence-corrected chi connectivity index (χ2v) is 6.53. The third-order valence-electron chi connectivity index (χ3n) is 3.68. The van der Waals surface area contributed by atoms with Gasteiger partial charge < -0.3 is 5.73 Å². The highest BCUT2D eigenvalue weighted by atomic mass is 14.7. The van der Waals surface area contributed by atoms with E-state index < -0.39 is 0 Å². The SMILES string of the molecule is CC(C)(C)C1C=C(c2ccccc2)C=C[C@]1(C)N. The summed E-state index contributed by atoms with van der Waals surface area (Å²) in [4.78, 5) is 0. The molecule has 2 rings (SSSR count). The monoisotopic (exact) mass is 241 g/mol. The number of allylic oxidation sites excluding steroid dienone is 2. The van der Waals surface area contributed by atoms with E-state index in [1.54, 1.807) is 0 Å². The van der Waals surface area contributed by atoms with E-state index in [9.17, 15) is 0 Å². The van der Waals surface area contributed by atoms with Gasteiger partial charge in [0.1, 0.15) is 0 Å². The van der Waals surface area contributed by atoms with E-state index in [1.165, 1.54) is 11.1 Å². The van der Waals surface area contributed by atoms with Crippen molar-refractivity contribution in [2.45, 2.75) is 33.2 Å². The fourth-order valence-corrected chi connectivity index (χ4v) is 2.79. The van der Waals surface area contributed by atoms with Gasteiger partial charge in [0.2, 0.25) is 0 Å². The van der Waals surface area contributed by atoms with Gasteiger partial charge in [-0.15, -0.1) is 0 Å². The van der Waals surface area contributed by atoms with Crippen LogP contribution in [0.25, 0.3) is 5.57 Å². The Labute approximate surface area is 110 Å². The molecule has 0 amide bonds. The van der Waals surface area contributed by atoms with Crippen LogP contribution >= 0.6 is 0 Å². The lowest BCUT2D eigenvalue weighted by atomic mass is 9.67. The minimum Gasteiger partial charge on any atom is -0.322 e. The van der Waals surface area contributed by atoms with Gasteiger partial charge in [0, 0.05) is 11.5 Å². The summed E-state index contributed by atoms with van der Waals surface area (Å²) in [7, 11) is 0. The van der Waals surface area contributed by atoms with Gasteiger partial charge in [-0.1, -0.05) is 69.3 Å². The van der Waals surface area contributed by atoms with Crippen molar-refractivity contribution in [1.29, 1.82) is 0 Å². The lowest BCUT2D eigenvalue weighted by molar-refractivity contribution is 0.218. The highest BCUT2D eigenvalue weighted by molar-refractivity contribution is 5.76. The Morgan fingerprint density at radius 1 is 1.11 bits per heavy atom. The summed E-state index contributed by atoms with van der Waals surface area (Å²) in [6.07, 6.45) is 6.62. The number of rotatable bonds is 1. The summed E-state index contributed by atoms with van der Waals surface area (Å²) in [6.45, 7) is 8.86. The van der Waals surface area contributed by atoms with Gasteiger partial charge in [0.25, 0.3) is 0 Å². The quantitative estimate of drug-likeness (QED) is 0.789. The predicted octanol–water partition coefficient (Wildman–Crippen LogP) is 4.02.